The van der Waals surface area contributed by atoms with Crippen LogP contribution in [0.15, 0.2) is 46.9 Å². The van der Waals surface area contributed by atoms with Crippen LogP contribution in [-0.4, -0.2) is 43.6 Å². The van der Waals surface area contributed by atoms with Crippen LogP contribution in [0.5, 0.6) is 17.2 Å². The van der Waals surface area contributed by atoms with Gasteiger partial charge >= 0.3 is 0 Å². The van der Waals surface area contributed by atoms with Crippen LogP contribution in [0.2, 0.25) is 0 Å². The Kier molecular flexibility index (Phi) is 4.75. The van der Waals surface area contributed by atoms with Gasteiger partial charge in [-0.25, -0.2) is 0 Å². The average molecular weight is 411 g/mol. The Morgan fingerprint density at radius 2 is 2.00 bits per heavy atom. The zero-order valence-corrected chi connectivity index (χ0v) is 16.9. The number of nitrogens with zero attached hydrogens (tertiary/aromatic N) is 1. The minimum absolute atomic E-state index is 0.0629. The van der Waals surface area contributed by atoms with Crippen LogP contribution in [-0.2, 0) is 0 Å². The van der Waals surface area contributed by atoms with Crippen LogP contribution >= 0.6 is 11.8 Å². The van der Waals surface area contributed by atoms with Crippen molar-refractivity contribution >= 4 is 28.6 Å². The molecule has 5 rings (SSSR count). The molecule has 0 saturated carbocycles. The molecule has 1 atom stereocenters. The molecule has 0 spiro atoms. The maximum absolute atomic E-state index is 13.0. The van der Waals surface area contributed by atoms with Crippen LogP contribution < -0.4 is 14.2 Å². The standard InChI is InChI=1S/C22H21NO5S/c1-25-16-3-5-17-15(10-16)12-20(28-17)22(24)23-7-6-21(29-9-8-23)14-2-4-18-19(11-14)27-13-26-18/h2-5,10-12,21H,6-9,13H2,1H3. The topological polar surface area (TPSA) is 61.1 Å². The predicted molar refractivity (Wildman–Crippen MR) is 111 cm³/mol. The number of furan rings is 1. The molecule has 6 nitrogen and oxygen atoms in total. The highest BCUT2D eigenvalue weighted by Crippen LogP contribution is 2.40. The Hall–Kier alpha value is -2.80. The maximum atomic E-state index is 13.0. The molecule has 2 aromatic carbocycles. The van der Waals surface area contributed by atoms with Crippen molar-refractivity contribution in [1.29, 1.82) is 0 Å². The second kappa shape index (κ2) is 7.55. The van der Waals surface area contributed by atoms with E-state index in [0.717, 1.165) is 34.8 Å². The van der Waals surface area contributed by atoms with E-state index in [-0.39, 0.29) is 12.7 Å². The smallest absolute Gasteiger partial charge is 0.289 e. The van der Waals surface area contributed by atoms with Gasteiger partial charge < -0.3 is 23.5 Å². The summed E-state index contributed by atoms with van der Waals surface area (Å²) in [5.74, 6) is 3.53. The third-order valence-electron chi connectivity index (χ3n) is 5.33. The molecule has 0 N–H and O–H groups in total. The van der Waals surface area contributed by atoms with Crippen LogP contribution in [0, 0.1) is 0 Å². The summed E-state index contributed by atoms with van der Waals surface area (Å²) in [6.45, 7) is 1.67. The number of rotatable bonds is 3. The number of thioether (sulfide) groups is 1. The molecule has 0 radical (unpaired) electrons. The number of methoxy groups -OCH3 is 1. The van der Waals surface area contributed by atoms with E-state index in [9.17, 15) is 4.79 Å². The number of fused-ring (bicyclic) bond motifs is 2. The van der Waals surface area contributed by atoms with Gasteiger partial charge in [0.2, 0.25) is 6.79 Å². The molecule has 3 aromatic rings. The second-order valence-electron chi connectivity index (χ2n) is 7.07. The lowest BCUT2D eigenvalue weighted by molar-refractivity contribution is 0.0737. The molecule has 3 heterocycles. The fourth-order valence-electron chi connectivity index (χ4n) is 3.76. The van der Waals surface area contributed by atoms with Crippen LogP contribution in [0.3, 0.4) is 0 Å². The zero-order valence-electron chi connectivity index (χ0n) is 16.1. The van der Waals surface area contributed by atoms with Crippen molar-refractivity contribution in [2.45, 2.75) is 11.7 Å². The fourth-order valence-corrected chi connectivity index (χ4v) is 4.98. The van der Waals surface area contributed by atoms with Gasteiger partial charge in [-0.1, -0.05) is 6.07 Å². The van der Waals surface area contributed by atoms with E-state index in [0.29, 0.717) is 29.7 Å². The van der Waals surface area contributed by atoms with Crippen molar-refractivity contribution in [3.05, 3.63) is 53.8 Å². The summed E-state index contributed by atoms with van der Waals surface area (Å²) in [4.78, 5) is 14.9. The van der Waals surface area contributed by atoms with E-state index in [1.165, 1.54) is 5.56 Å². The fraction of sp³-hybridized carbons (Fsp3) is 0.318. The number of carbonyl (C=O) groups is 1. The molecule has 29 heavy (non-hydrogen) atoms. The van der Waals surface area contributed by atoms with Gasteiger partial charge in [0, 0.05) is 29.5 Å². The van der Waals surface area contributed by atoms with Crippen molar-refractivity contribution < 1.29 is 23.4 Å². The maximum Gasteiger partial charge on any atom is 0.289 e. The van der Waals surface area contributed by atoms with Gasteiger partial charge in [-0.2, -0.15) is 11.8 Å². The molecule has 0 bridgehead atoms. The minimum Gasteiger partial charge on any atom is -0.497 e. The van der Waals surface area contributed by atoms with Crippen molar-refractivity contribution in [2.75, 3.05) is 32.7 Å². The van der Waals surface area contributed by atoms with E-state index in [2.05, 4.69) is 12.1 Å². The van der Waals surface area contributed by atoms with E-state index in [4.69, 9.17) is 18.6 Å². The molecule has 2 aliphatic heterocycles. The van der Waals surface area contributed by atoms with Gasteiger partial charge in [-0.05, 0) is 48.4 Å². The second-order valence-corrected chi connectivity index (χ2v) is 8.38. The van der Waals surface area contributed by atoms with Crippen molar-refractivity contribution in [1.82, 2.24) is 4.90 Å². The van der Waals surface area contributed by atoms with Gasteiger partial charge in [0.05, 0.1) is 7.11 Å². The molecule has 1 fully saturated rings. The summed E-state index contributed by atoms with van der Waals surface area (Å²) >= 11 is 1.87. The van der Waals surface area contributed by atoms with Crippen molar-refractivity contribution in [3.63, 3.8) is 0 Å². The molecular weight excluding hydrogens is 390 g/mol. The van der Waals surface area contributed by atoms with Crippen LogP contribution in [0.1, 0.15) is 27.8 Å². The SMILES string of the molecule is COc1ccc2oc(C(=O)N3CCSC(c4ccc5c(c4)OCO5)CC3)cc2c1. The summed E-state index contributed by atoms with van der Waals surface area (Å²) in [6.07, 6.45) is 0.879. The lowest BCUT2D eigenvalue weighted by atomic mass is 10.1. The molecule has 1 amide bonds. The van der Waals surface area contributed by atoms with Crippen LogP contribution in [0.4, 0.5) is 0 Å². The van der Waals surface area contributed by atoms with E-state index < -0.39 is 0 Å². The summed E-state index contributed by atoms with van der Waals surface area (Å²) in [6, 6.07) is 13.5. The Bertz CT molecular complexity index is 1060. The Morgan fingerprint density at radius 1 is 1.10 bits per heavy atom. The van der Waals surface area contributed by atoms with E-state index in [1.807, 2.05) is 40.9 Å². The lowest BCUT2D eigenvalue weighted by Crippen LogP contribution is -2.32. The highest BCUT2D eigenvalue weighted by Gasteiger charge is 2.26. The molecule has 1 unspecified atom stereocenters. The number of benzene rings is 2. The number of amides is 1. The normalized spacial score (nSPS) is 18.7. The monoisotopic (exact) mass is 411 g/mol. The first kappa shape index (κ1) is 18.2. The zero-order chi connectivity index (χ0) is 19.8. The van der Waals surface area contributed by atoms with Crippen LogP contribution in [0.25, 0.3) is 11.0 Å². The molecule has 150 valence electrons. The summed E-state index contributed by atoms with van der Waals surface area (Å²) in [5.41, 5.74) is 1.90. The first-order valence-electron chi connectivity index (χ1n) is 9.59. The van der Waals surface area contributed by atoms with Crippen molar-refractivity contribution in [3.8, 4) is 17.2 Å². The number of hydrogen-bond acceptors (Lipinski definition) is 6. The predicted octanol–water partition coefficient (Wildman–Crippen LogP) is 4.49. The number of ether oxygens (including phenoxy) is 3. The molecule has 1 saturated heterocycles. The summed E-state index contributed by atoms with van der Waals surface area (Å²) in [5, 5.41) is 1.19. The first-order valence-corrected chi connectivity index (χ1v) is 10.6. The van der Waals surface area contributed by atoms with E-state index in [1.54, 1.807) is 13.2 Å². The lowest BCUT2D eigenvalue weighted by Gasteiger charge is -2.19. The minimum atomic E-state index is -0.0629. The molecule has 0 aliphatic carbocycles. The first-order chi connectivity index (χ1) is 14.2. The Balaban J connectivity index is 1.31. The molecule has 2 aliphatic rings. The van der Waals surface area contributed by atoms with E-state index >= 15 is 0 Å². The highest BCUT2D eigenvalue weighted by molar-refractivity contribution is 7.99. The van der Waals surface area contributed by atoms with Gasteiger partial charge in [0.25, 0.3) is 5.91 Å². The molecule has 7 heteroatoms. The third-order valence-corrected chi connectivity index (χ3v) is 6.66. The molecule has 1 aromatic heterocycles. The van der Waals surface area contributed by atoms with Gasteiger partial charge in [0.15, 0.2) is 17.3 Å². The highest BCUT2D eigenvalue weighted by atomic mass is 32.2. The van der Waals surface area contributed by atoms with Crippen molar-refractivity contribution in [2.24, 2.45) is 0 Å². The number of hydrogen-bond donors (Lipinski definition) is 0. The largest absolute Gasteiger partial charge is 0.497 e. The Labute approximate surface area is 172 Å². The summed E-state index contributed by atoms with van der Waals surface area (Å²) in [7, 11) is 1.62. The average Bonchev–Trinajstić information content (AvgIpc) is 3.32. The Morgan fingerprint density at radius 3 is 2.90 bits per heavy atom. The van der Waals surface area contributed by atoms with Gasteiger partial charge in [-0.3, -0.25) is 4.79 Å². The quantitative estimate of drug-likeness (QED) is 0.633. The number of carbonyl (C=O) groups excluding carboxylic acids is 1. The van der Waals surface area contributed by atoms with Gasteiger partial charge in [0.1, 0.15) is 11.3 Å². The third kappa shape index (κ3) is 3.51. The van der Waals surface area contributed by atoms with Gasteiger partial charge in [-0.15, -0.1) is 0 Å². The summed E-state index contributed by atoms with van der Waals surface area (Å²) < 4.78 is 22.0. The molecular formula is C22H21NO5S.